The van der Waals surface area contributed by atoms with E-state index in [1.165, 1.54) is 64.2 Å². The molecule has 0 saturated carbocycles. The quantitative estimate of drug-likeness (QED) is 0.233. The molecule has 0 N–H and O–H groups in total. The molecule has 0 aliphatic carbocycles. The average Bonchev–Trinajstić information content (AvgIpc) is 2.62. The predicted molar refractivity (Wildman–Crippen MR) is 106 cm³/mol. The lowest BCUT2D eigenvalue weighted by atomic mass is 10.1. The van der Waals surface area contributed by atoms with E-state index in [0.29, 0.717) is 12.3 Å². The standard InChI is InChI=1S/C20H35NO3S/c1-2-3-4-5-6-7-8-9-10-11-12-16-19-24-21(25(22)23)20-17-14-13-15-18-20/h13-15,17-18,25H,2-12,16,19H2,1H3. The molecule has 144 valence electrons. The lowest BCUT2D eigenvalue weighted by molar-refractivity contribution is 0.146. The van der Waals surface area contributed by atoms with Crippen LogP contribution < -0.4 is 4.47 Å². The molecule has 0 heterocycles. The van der Waals surface area contributed by atoms with Crippen LogP contribution in [0.15, 0.2) is 30.3 Å². The van der Waals surface area contributed by atoms with E-state index in [1.807, 2.05) is 6.07 Å². The second-order valence-electron chi connectivity index (χ2n) is 6.57. The van der Waals surface area contributed by atoms with Gasteiger partial charge in [0, 0.05) is 0 Å². The zero-order chi connectivity index (χ0) is 18.2. The van der Waals surface area contributed by atoms with E-state index in [1.54, 1.807) is 24.3 Å². The first-order valence-corrected chi connectivity index (χ1v) is 11.0. The van der Waals surface area contributed by atoms with Crippen LogP contribution in [0.25, 0.3) is 0 Å². The van der Waals surface area contributed by atoms with Crippen LogP contribution >= 0.6 is 0 Å². The molecule has 0 aliphatic rings. The lowest BCUT2D eigenvalue weighted by Crippen LogP contribution is -2.22. The number of rotatable bonds is 16. The molecule has 0 fully saturated rings. The summed E-state index contributed by atoms with van der Waals surface area (Å²) in [4.78, 5) is 5.42. The van der Waals surface area contributed by atoms with Crippen molar-refractivity contribution in [2.24, 2.45) is 0 Å². The second-order valence-corrected chi connectivity index (χ2v) is 7.41. The van der Waals surface area contributed by atoms with Crippen LogP contribution in [-0.4, -0.2) is 15.0 Å². The molecule has 0 aliphatic heterocycles. The van der Waals surface area contributed by atoms with E-state index >= 15 is 0 Å². The number of hydrogen-bond donors (Lipinski definition) is 1. The summed E-state index contributed by atoms with van der Waals surface area (Å²) in [5.74, 6) is 0. The third kappa shape index (κ3) is 11.2. The minimum atomic E-state index is -2.77. The van der Waals surface area contributed by atoms with Crippen molar-refractivity contribution in [2.75, 3.05) is 11.1 Å². The zero-order valence-corrected chi connectivity index (χ0v) is 16.6. The van der Waals surface area contributed by atoms with Crippen LogP contribution in [0.2, 0.25) is 0 Å². The van der Waals surface area contributed by atoms with Crippen molar-refractivity contribution in [1.82, 2.24) is 0 Å². The first-order chi connectivity index (χ1) is 12.3. The summed E-state index contributed by atoms with van der Waals surface area (Å²) in [7, 11) is -2.77. The Morgan fingerprint density at radius 3 is 1.72 bits per heavy atom. The maximum Gasteiger partial charge on any atom is 0.247 e. The SMILES string of the molecule is CCCCCCCCCCCCCCON(c1ccccc1)[SH](=O)=O. The van der Waals surface area contributed by atoms with Crippen LogP contribution in [0.4, 0.5) is 5.69 Å². The van der Waals surface area contributed by atoms with Crippen LogP contribution in [0.3, 0.4) is 0 Å². The van der Waals surface area contributed by atoms with E-state index in [9.17, 15) is 8.42 Å². The summed E-state index contributed by atoms with van der Waals surface area (Å²) in [5.41, 5.74) is 0.553. The minimum absolute atomic E-state index is 0.440. The molecule has 0 unspecified atom stereocenters. The summed E-state index contributed by atoms with van der Waals surface area (Å²) in [5, 5.41) is 0. The van der Waals surface area contributed by atoms with Crippen molar-refractivity contribution in [3.63, 3.8) is 0 Å². The normalized spacial score (nSPS) is 11.1. The van der Waals surface area contributed by atoms with Gasteiger partial charge in [-0.2, -0.15) is 0 Å². The third-order valence-electron chi connectivity index (χ3n) is 4.34. The summed E-state index contributed by atoms with van der Waals surface area (Å²) in [6, 6.07) is 8.91. The highest BCUT2D eigenvalue weighted by Crippen LogP contribution is 2.15. The molecule has 25 heavy (non-hydrogen) atoms. The highest BCUT2D eigenvalue weighted by molar-refractivity contribution is 7.73. The third-order valence-corrected chi connectivity index (χ3v) is 4.98. The molecule has 0 amide bonds. The van der Waals surface area contributed by atoms with Gasteiger partial charge in [-0.3, -0.25) is 4.84 Å². The van der Waals surface area contributed by atoms with Gasteiger partial charge in [0.2, 0.25) is 10.9 Å². The summed E-state index contributed by atoms with van der Waals surface area (Å²) >= 11 is 0. The first kappa shape index (κ1) is 22.0. The molecule has 0 atom stereocenters. The Morgan fingerprint density at radius 2 is 1.24 bits per heavy atom. The Morgan fingerprint density at radius 1 is 0.760 bits per heavy atom. The predicted octanol–water partition coefficient (Wildman–Crippen LogP) is 5.65. The van der Waals surface area contributed by atoms with E-state index in [4.69, 9.17) is 4.84 Å². The molecule has 0 aromatic heterocycles. The number of benzene rings is 1. The molecule has 0 saturated heterocycles. The smallest absolute Gasteiger partial charge is 0.247 e. The van der Waals surface area contributed by atoms with Gasteiger partial charge in [0.15, 0.2) is 0 Å². The maximum atomic E-state index is 11.3. The Hall–Kier alpha value is -1.07. The van der Waals surface area contributed by atoms with Crippen LogP contribution in [-0.2, 0) is 15.7 Å². The Bertz CT molecular complexity index is 483. The summed E-state index contributed by atoms with van der Waals surface area (Å²) < 4.78 is 23.6. The topological polar surface area (TPSA) is 46.6 Å². The second kappa shape index (κ2) is 15.2. The average molecular weight is 370 g/mol. The number of para-hydroxylation sites is 1. The van der Waals surface area contributed by atoms with Gasteiger partial charge in [0.05, 0.1) is 12.3 Å². The monoisotopic (exact) mass is 369 g/mol. The largest absolute Gasteiger partial charge is 0.259 e. The van der Waals surface area contributed by atoms with Crippen molar-refractivity contribution in [3.05, 3.63) is 30.3 Å². The van der Waals surface area contributed by atoms with E-state index < -0.39 is 10.9 Å². The van der Waals surface area contributed by atoms with Crippen molar-refractivity contribution in [1.29, 1.82) is 0 Å². The Labute approximate surface area is 155 Å². The number of nitrogens with zero attached hydrogens (tertiary/aromatic N) is 1. The van der Waals surface area contributed by atoms with E-state index in [2.05, 4.69) is 6.92 Å². The Kier molecular flexibility index (Phi) is 13.4. The molecule has 1 aromatic rings. The van der Waals surface area contributed by atoms with Crippen LogP contribution in [0.1, 0.15) is 84.0 Å². The van der Waals surface area contributed by atoms with Gasteiger partial charge in [0.25, 0.3) is 0 Å². The molecular formula is C20H35NO3S. The van der Waals surface area contributed by atoms with Gasteiger partial charge >= 0.3 is 0 Å². The molecule has 0 spiro atoms. The van der Waals surface area contributed by atoms with E-state index in [0.717, 1.165) is 17.3 Å². The number of thiol groups is 1. The number of unbranched alkanes of at least 4 members (excludes halogenated alkanes) is 11. The van der Waals surface area contributed by atoms with Crippen molar-refractivity contribution < 1.29 is 13.3 Å². The first-order valence-electron chi connectivity index (χ1n) is 9.88. The fraction of sp³-hybridized carbons (Fsp3) is 0.700. The van der Waals surface area contributed by atoms with Crippen molar-refractivity contribution in [2.45, 2.75) is 84.0 Å². The van der Waals surface area contributed by atoms with E-state index in [-0.39, 0.29) is 0 Å². The highest BCUT2D eigenvalue weighted by Gasteiger charge is 2.08. The maximum absolute atomic E-state index is 11.3. The molecule has 1 rings (SSSR count). The minimum Gasteiger partial charge on any atom is -0.259 e. The molecule has 0 radical (unpaired) electrons. The molecule has 0 bridgehead atoms. The van der Waals surface area contributed by atoms with Gasteiger partial charge in [-0.05, 0) is 18.6 Å². The molecular weight excluding hydrogens is 334 g/mol. The lowest BCUT2D eigenvalue weighted by Gasteiger charge is -2.16. The van der Waals surface area contributed by atoms with Gasteiger partial charge in [-0.1, -0.05) is 95.8 Å². The zero-order valence-electron chi connectivity index (χ0n) is 15.7. The van der Waals surface area contributed by atoms with Crippen molar-refractivity contribution in [3.8, 4) is 0 Å². The summed E-state index contributed by atoms with van der Waals surface area (Å²) in [6.07, 6.45) is 15.4. The summed E-state index contributed by atoms with van der Waals surface area (Å²) in [6.45, 7) is 2.69. The molecule has 1 aromatic carbocycles. The van der Waals surface area contributed by atoms with Gasteiger partial charge in [-0.15, -0.1) is 4.47 Å². The fourth-order valence-electron chi connectivity index (χ4n) is 2.87. The van der Waals surface area contributed by atoms with Gasteiger partial charge < -0.3 is 0 Å². The van der Waals surface area contributed by atoms with Crippen molar-refractivity contribution >= 4 is 16.6 Å². The van der Waals surface area contributed by atoms with Crippen LogP contribution in [0.5, 0.6) is 0 Å². The fourth-order valence-corrected chi connectivity index (χ4v) is 3.36. The Balaban J connectivity index is 1.97. The number of hydrogen-bond acceptors (Lipinski definition) is 3. The molecule has 5 heteroatoms. The number of anilines is 1. The highest BCUT2D eigenvalue weighted by atomic mass is 32.2. The van der Waals surface area contributed by atoms with Gasteiger partial charge in [-0.25, -0.2) is 8.42 Å². The molecule has 4 nitrogen and oxygen atoms in total. The van der Waals surface area contributed by atoms with Gasteiger partial charge in [0.1, 0.15) is 0 Å². The van der Waals surface area contributed by atoms with Crippen LogP contribution in [0, 0.1) is 0 Å².